The summed E-state index contributed by atoms with van der Waals surface area (Å²) in [7, 11) is 1.47. The number of carbonyl (C=O) groups excluding carboxylic acids is 3. The lowest BCUT2D eigenvalue weighted by Gasteiger charge is -2.12. The highest BCUT2D eigenvalue weighted by Crippen LogP contribution is 2.27. The Kier molecular flexibility index (Phi) is 9.16. The molecule has 3 amide bonds. The molecule has 0 spiro atoms. The molecular weight excluding hydrogens is 460 g/mol. The van der Waals surface area contributed by atoms with Gasteiger partial charge in [-0.2, -0.15) is 5.10 Å². The van der Waals surface area contributed by atoms with E-state index in [1.54, 1.807) is 18.2 Å². The Morgan fingerprint density at radius 3 is 2.44 bits per heavy atom. The molecular formula is C27H28N4O5. The van der Waals surface area contributed by atoms with E-state index in [9.17, 15) is 14.4 Å². The monoisotopic (exact) mass is 488 g/mol. The van der Waals surface area contributed by atoms with Crippen molar-refractivity contribution in [1.82, 2.24) is 10.7 Å². The van der Waals surface area contributed by atoms with Gasteiger partial charge < -0.3 is 20.1 Å². The molecule has 0 bridgehead atoms. The number of hydrogen-bond donors (Lipinski definition) is 3. The number of anilines is 1. The van der Waals surface area contributed by atoms with Gasteiger partial charge in [0.1, 0.15) is 0 Å². The first-order valence-corrected chi connectivity index (χ1v) is 11.2. The number of nitrogens with zero attached hydrogens (tertiary/aromatic N) is 1. The minimum atomic E-state index is -0.885. The Morgan fingerprint density at radius 1 is 0.917 bits per heavy atom. The zero-order chi connectivity index (χ0) is 25.9. The number of benzene rings is 3. The van der Waals surface area contributed by atoms with E-state index in [1.807, 2.05) is 62.4 Å². The molecule has 0 aliphatic heterocycles. The molecule has 3 aromatic rings. The smallest absolute Gasteiger partial charge is 0.329 e. The molecule has 3 aromatic carbocycles. The van der Waals surface area contributed by atoms with Crippen molar-refractivity contribution in [2.24, 2.45) is 5.10 Å². The van der Waals surface area contributed by atoms with Crippen LogP contribution in [-0.2, 0) is 20.9 Å². The second kappa shape index (κ2) is 12.7. The standard InChI is InChI=1S/C27H28N4O5/c1-18-9-10-19(2)22(13-18)30-25(32)17-36-23-12-11-21(14-24(23)35-3)16-29-31-27(34)26(33)28-15-20-7-5-4-6-8-20/h4-14,16H,15,17H2,1-3H3,(H,28,33)(H,30,32)(H,31,34)/b29-16-. The summed E-state index contributed by atoms with van der Waals surface area (Å²) < 4.78 is 11.0. The van der Waals surface area contributed by atoms with Crippen LogP contribution >= 0.6 is 0 Å². The van der Waals surface area contributed by atoms with Gasteiger partial charge in [-0.05, 0) is 60.4 Å². The van der Waals surface area contributed by atoms with Gasteiger partial charge >= 0.3 is 11.8 Å². The minimum Gasteiger partial charge on any atom is -0.493 e. The molecule has 0 aliphatic rings. The number of amides is 3. The molecule has 9 heteroatoms. The SMILES string of the molecule is COc1cc(/C=N\NC(=O)C(=O)NCc2ccccc2)ccc1OCC(=O)Nc1cc(C)ccc1C. The van der Waals surface area contributed by atoms with Crippen LogP contribution in [0.1, 0.15) is 22.3 Å². The van der Waals surface area contributed by atoms with Gasteiger partial charge in [0.05, 0.1) is 13.3 Å². The Bertz CT molecular complexity index is 1260. The third kappa shape index (κ3) is 7.69. The fourth-order valence-corrected chi connectivity index (χ4v) is 3.16. The van der Waals surface area contributed by atoms with Gasteiger partial charge in [-0.3, -0.25) is 14.4 Å². The van der Waals surface area contributed by atoms with Crippen LogP contribution in [0.3, 0.4) is 0 Å². The largest absolute Gasteiger partial charge is 0.493 e. The zero-order valence-electron chi connectivity index (χ0n) is 20.3. The fourth-order valence-electron chi connectivity index (χ4n) is 3.16. The lowest BCUT2D eigenvalue weighted by atomic mass is 10.1. The number of ether oxygens (including phenoxy) is 2. The van der Waals surface area contributed by atoms with E-state index in [4.69, 9.17) is 9.47 Å². The molecule has 36 heavy (non-hydrogen) atoms. The highest BCUT2D eigenvalue weighted by Gasteiger charge is 2.12. The summed E-state index contributed by atoms with van der Waals surface area (Å²) in [6.45, 7) is 3.90. The Hall–Kier alpha value is -4.66. The summed E-state index contributed by atoms with van der Waals surface area (Å²) >= 11 is 0. The number of hydrazone groups is 1. The van der Waals surface area contributed by atoms with Crippen molar-refractivity contribution in [1.29, 1.82) is 0 Å². The molecule has 3 N–H and O–H groups in total. The van der Waals surface area contributed by atoms with Crippen molar-refractivity contribution in [3.8, 4) is 11.5 Å². The first kappa shape index (κ1) is 26.0. The first-order valence-electron chi connectivity index (χ1n) is 11.2. The highest BCUT2D eigenvalue weighted by atomic mass is 16.5. The molecule has 9 nitrogen and oxygen atoms in total. The second-order valence-corrected chi connectivity index (χ2v) is 7.93. The van der Waals surface area contributed by atoms with Crippen molar-refractivity contribution in [3.63, 3.8) is 0 Å². The van der Waals surface area contributed by atoms with Crippen molar-refractivity contribution in [2.45, 2.75) is 20.4 Å². The van der Waals surface area contributed by atoms with Gasteiger partial charge in [0.2, 0.25) is 0 Å². The first-order chi connectivity index (χ1) is 17.4. The third-order valence-corrected chi connectivity index (χ3v) is 5.10. The number of nitrogens with one attached hydrogen (secondary N) is 3. The maximum atomic E-state index is 12.3. The maximum Gasteiger partial charge on any atom is 0.329 e. The normalized spacial score (nSPS) is 10.5. The van der Waals surface area contributed by atoms with Crippen LogP contribution in [0.2, 0.25) is 0 Å². The fraction of sp³-hybridized carbons (Fsp3) is 0.185. The number of hydrogen-bond acceptors (Lipinski definition) is 6. The van der Waals surface area contributed by atoms with E-state index < -0.39 is 11.8 Å². The average molecular weight is 489 g/mol. The van der Waals surface area contributed by atoms with Crippen LogP contribution < -0.4 is 25.5 Å². The minimum absolute atomic E-state index is 0.203. The van der Waals surface area contributed by atoms with Gasteiger partial charge in [-0.1, -0.05) is 42.5 Å². The van der Waals surface area contributed by atoms with Crippen LogP contribution in [0.15, 0.2) is 71.8 Å². The van der Waals surface area contributed by atoms with Crippen LogP contribution in [0, 0.1) is 13.8 Å². The molecule has 0 fully saturated rings. The topological polar surface area (TPSA) is 118 Å². The molecule has 0 atom stereocenters. The second-order valence-electron chi connectivity index (χ2n) is 7.93. The average Bonchev–Trinajstić information content (AvgIpc) is 2.89. The summed E-state index contributed by atoms with van der Waals surface area (Å²) in [5.74, 6) is -1.23. The third-order valence-electron chi connectivity index (χ3n) is 5.10. The number of aryl methyl sites for hydroxylation is 2. The zero-order valence-corrected chi connectivity index (χ0v) is 20.3. The van der Waals surface area contributed by atoms with E-state index in [-0.39, 0.29) is 19.1 Å². The Labute approximate surface area is 209 Å². The van der Waals surface area contributed by atoms with Crippen molar-refractivity contribution < 1.29 is 23.9 Å². The van der Waals surface area contributed by atoms with Crippen molar-refractivity contribution in [3.05, 3.63) is 89.0 Å². The van der Waals surface area contributed by atoms with Gasteiger partial charge in [0, 0.05) is 12.2 Å². The number of methoxy groups -OCH3 is 1. The molecule has 0 radical (unpaired) electrons. The van der Waals surface area contributed by atoms with Gasteiger partial charge in [0.25, 0.3) is 5.91 Å². The van der Waals surface area contributed by atoms with Crippen LogP contribution in [0.5, 0.6) is 11.5 Å². The quantitative estimate of drug-likeness (QED) is 0.243. The summed E-state index contributed by atoms with van der Waals surface area (Å²) in [5.41, 5.74) is 6.38. The highest BCUT2D eigenvalue weighted by molar-refractivity contribution is 6.35. The van der Waals surface area contributed by atoms with Gasteiger partial charge in [-0.15, -0.1) is 0 Å². The molecule has 0 saturated heterocycles. The van der Waals surface area contributed by atoms with Crippen LogP contribution in [-0.4, -0.2) is 37.7 Å². The predicted molar refractivity (Wildman–Crippen MR) is 137 cm³/mol. The summed E-state index contributed by atoms with van der Waals surface area (Å²) in [6, 6.07) is 20.0. The van der Waals surface area contributed by atoms with Crippen molar-refractivity contribution in [2.75, 3.05) is 19.0 Å². The number of carbonyl (C=O) groups is 3. The van der Waals surface area contributed by atoms with Crippen molar-refractivity contribution >= 4 is 29.6 Å². The lowest BCUT2D eigenvalue weighted by Crippen LogP contribution is -2.37. The van der Waals surface area contributed by atoms with E-state index in [0.717, 1.165) is 22.4 Å². The van der Waals surface area contributed by atoms with E-state index >= 15 is 0 Å². The molecule has 0 heterocycles. The van der Waals surface area contributed by atoms with E-state index in [1.165, 1.54) is 13.3 Å². The molecule has 0 saturated carbocycles. The Balaban J connectivity index is 1.50. The van der Waals surface area contributed by atoms with E-state index in [0.29, 0.717) is 17.1 Å². The van der Waals surface area contributed by atoms with Gasteiger partial charge in [-0.25, -0.2) is 5.43 Å². The molecule has 0 unspecified atom stereocenters. The van der Waals surface area contributed by atoms with Crippen LogP contribution in [0.4, 0.5) is 5.69 Å². The predicted octanol–water partition coefficient (Wildman–Crippen LogP) is 3.10. The molecule has 0 aliphatic carbocycles. The summed E-state index contributed by atoms with van der Waals surface area (Å²) in [5, 5.41) is 9.17. The Morgan fingerprint density at radius 2 is 1.69 bits per heavy atom. The summed E-state index contributed by atoms with van der Waals surface area (Å²) in [6.07, 6.45) is 1.36. The van der Waals surface area contributed by atoms with E-state index in [2.05, 4.69) is 21.2 Å². The number of rotatable bonds is 9. The van der Waals surface area contributed by atoms with Crippen LogP contribution in [0.25, 0.3) is 0 Å². The molecule has 186 valence electrons. The molecule has 3 rings (SSSR count). The summed E-state index contributed by atoms with van der Waals surface area (Å²) in [4.78, 5) is 36.2. The molecule has 0 aromatic heterocycles. The maximum absolute atomic E-state index is 12.3. The van der Waals surface area contributed by atoms with Gasteiger partial charge in [0.15, 0.2) is 18.1 Å². The lowest BCUT2D eigenvalue weighted by molar-refractivity contribution is -0.139.